The van der Waals surface area contributed by atoms with Crippen LogP contribution in [-0.2, 0) is 6.42 Å². The van der Waals surface area contributed by atoms with Crippen LogP contribution in [0.15, 0.2) is 24.3 Å². The smallest absolute Gasteiger partial charge is 0.131 e. The molecule has 1 aromatic carbocycles. The summed E-state index contributed by atoms with van der Waals surface area (Å²) < 4.78 is 13.2. The fraction of sp³-hybridized carbons (Fsp3) is 0.200. The van der Waals surface area contributed by atoms with Gasteiger partial charge in [-0.05, 0) is 23.6 Å². The molecule has 0 saturated carbocycles. The predicted molar refractivity (Wildman–Crippen MR) is 47.1 cm³/mol. The predicted octanol–water partition coefficient (Wildman–Crippen LogP) is 1.72. The summed E-state index contributed by atoms with van der Waals surface area (Å²) in [5, 5.41) is 0. The molecule has 2 rings (SSSR count). The first-order valence-corrected chi connectivity index (χ1v) is 4.00. The Morgan fingerprint density at radius 2 is 2.25 bits per heavy atom. The molecule has 1 aliphatic rings. The van der Waals surface area contributed by atoms with Crippen LogP contribution in [0.1, 0.15) is 11.1 Å². The number of benzene rings is 1. The van der Waals surface area contributed by atoms with Gasteiger partial charge >= 0.3 is 0 Å². The maximum Gasteiger partial charge on any atom is 0.131 e. The van der Waals surface area contributed by atoms with Gasteiger partial charge in [0.25, 0.3) is 0 Å². The third-order valence-electron chi connectivity index (χ3n) is 2.21. The lowest BCUT2D eigenvalue weighted by Crippen LogP contribution is -2.02. The van der Waals surface area contributed by atoms with Crippen LogP contribution >= 0.6 is 0 Å². The first-order valence-electron chi connectivity index (χ1n) is 4.00. The van der Waals surface area contributed by atoms with Crippen molar-refractivity contribution >= 4 is 5.57 Å². The number of halogens is 1. The SMILES string of the molecule is NCC1=CCc2cccc(F)c21. The van der Waals surface area contributed by atoms with Crippen molar-refractivity contribution in [1.82, 2.24) is 0 Å². The summed E-state index contributed by atoms with van der Waals surface area (Å²) in [6, 6.07) is 5.16. The Morgan fingerprint density at radius 1 is 1.42 bits per heavy atom. The van der Waals surface area contributed by atoms with Gasteiger partial charge in [-0.3, -0.25) is 0 Å². The van der Waals surface area contributed by atoms with Crippen LogP contribution in [0.25, 0.3) is 5.57 Å². The highest BCUT2D eigenvalue weighted by molar-refractivity contribution is 5.74. The molecule has 1 aliphatic carbocycles. The minimum absolute atomic E-state index is 0.151. The molecule has 0 unspecified atom stereocenters. The average Bonchev–Trinajstić information content (AvgIpc) is 2.49. The summed E-state index contributed by atoms with van der Waals surface area (Å²) in [6.07, 6.45) is 2.81. The Labute approximate surface area is 70.7 Å². The van der Waals surface area contributed by atoms with E-state index in [1.54, 1.807) is 6.07 Å². The van der Waals surface area contributed by atoms with E-state index in [4.69, 9.17) is 5.73 Å². The van der Waals surface area contributed by atoms with Crippen LogP contribution < -0.4 is 5.73 Å². The molecule has 1 aromatic rings. The van der Waals surface area contributed by atoms with E-state index in [1.807, 2.05) is 12.1 Å². The molecule has 0 atom stereocenters. The highest BCUT2D eigenvalue weighted by Crippen LogP contribution is 2.28. The van der Waals surface area contributed by atoms with Crippen LogP contribution in [-0.4, -0.2) is 6.54 Å². The third kappa shape index (κ3) is 0.959. The fourth-order valence-corrected chi connectivity index (χ4v) is 1.62. The first kappa shape index (κ1) is 7.50. The van der Waals surface area contributed by atoms with Gasteiger partial charge in [0.15, 0.2) is 0 Å². The molecule has 0 aliphatic heterocycles. The van der Waals surface area contributed by atoms with Gasteiger partial charge < -0.3 is 5.73 Å². The van der Waals surface area contributed by atoms with Crippen LogP contribution in [0.3, 0.4) is 0 Å². The largest absolute Gasteiger partial charge is 0.326 e. The summed E-state index contributed by atoms with van der Waals surface area (Å²) in [6.45, 7) is 0.425. The van der Waals surface area contributed by atoms with Gasteiger partial charge in [0.2, 0.25) is 0 Å². The number of fused-ring (bicyclic) bond motifs is 1. The van der Waals surface area contributed by atoms with Gasteiger partial charge in [0, 0.05) is 12.1 Å². The van der Waals surface area contributed by atoms with Gasteiger partial charge in [-0.1, -0.05) is 18.2 Å². The Morgan fingerprint density at radius 3 is 3.00 bits per heavy atom. The van der Waals surface area contributed by atoms with E-state index >= 15 is 0 Å². The second-order valence-electron chi connectivity index (χ2n) is 2.91. The molecule has 0 spiro atoms. The number of hydrogen-bond donors (Lipinski definition) is 1. The summed E-state index contributed by atoms with van der Waals surface area (Å²) in [5.41, 5.74) is 8.19. The van der Waals surface area contributed by atoms with E-state index in [1.165, 1.54) is 6.07 Å². The minimum Gasteiger partial charge on any atom is -0.326 e. The molecular formula is C10H10FN. The Hall–Kier alpha value is -1.15. The van der Waals surface area contributed by atoms with Crippen molar-refractivity contribution in [2.75, 3.05) is 6.54 Å². The third-order valence-corrected chi connectivity index (χ3v) is 2.21. The number of nitrogens with two attached hydrogens (primary N) is 1. The van der Waals surface area contributed by atoms with Crippen LogP contribution in [0, 0.1) is 5.82 Å². The van der Waals surface area contributed by atoms with E-state index in [2.05, 4.69) is 0 Å². The van der Waals surface area contributed by atoms with Crippen molar-refractivity contribution < 1.29 is 4.39 Å². The molecule has 0 fully saturated rings. The van der Waals surface area contributed by atoms with Crippen molar-refractivity contribution in [2.45, 2.75) is 6.42 Å². The molecule has 0 bridgehead atoms. The second kappa shape index (κ2) is 2.72. The van der Waals surface area contributed by atoms with E-state index < -0.39 is 0 Å². The molecule has 0 radical (unpaired) electrons. The molecule has 0 saturated heterocycles. The quantitative estimate of drug-likeness (QED) is 0.670. The van der Waals surface area contributed by atoms with Gasteiger partial charge in [-0.2, -0.15) is 0 Å². The van der Waals surface area contributed by atoms with E-state index in [-0.39, 0.29) is 5.82 Å². The molecule has 2 N–H and O–H groups in total. The molecule has 2 heteroatoms. The van der Waals surface area contributed by atoms with Gasteiger partial charge in [0.05, 0.1) is 0 Å². The van der Waals surface area contributed by atoms with Crippen molar-refractivity contribution in [3.05, 3.63) is 41.2 Å². The highest BCUT2D eigenvalue weighted by Gasteiger charge is 2.15. The van der Waals surface area contributed by atoms with Gasteiger partial charge in [0.1, 0.15) is 5.82 Å². The lowest BCUT2D eigenvalue weighted by Gasteiger charge is -2.03. The Bertz CT molecular complexity index is 342. The maximum atomic E-state index is 13.2. The fourth-order valence-electron chi connectivity index (χ4n) is 1.62. The summed E-state index contributed by atoms with van der Waals surface area (Å²) in [7, 11) is 0. The van der Waals surface area contributed by atoms with Crippen molar-refractivity contribution in [3.63, 3.8) is 0 Å². The topological polar surface area (TPSA) is 26.0 Å². The van der Waals surface area contributed by atoms with Gasteiger partial charge in [-0.15, -0.1) is 0 Å². The highest BCUT2D eigenvalue weighted by atomic mass is 19.1. The number of rotatable bonds is 1. The zero-order valence-electron chi connectivity index (χ0n) is 6.68. The number of allylic oxidation sites excluding steroid dienone is 1. The normalized spacial score (nSPS) is 14.3. The Kier molecular flexibility index (Phi) is 1.70. The summed E-state index contributed by atoms with van der Waals surface area (Å²) in [5.74, 6) is -0.151. The van der Waals surface area contributed by atoms with Crippen LogP contribution in [0.4, 0.5) is 4.39 Å². The zero-order chi connectivity index (χ0) is 8.55. The monoisotopic (exact) mass is 163 g/mol. The molecule has 62 valence electrons. The zero-order valence-corrected chi connectivity index (χ0v) is 6.68. The van der Waals surface area contributed by atoms with E-state index in [0.717, 1.165) is 23.1 Å². The molecule has 0 heterocycles. The lowest BCUT2D eigenvalue weighted by atomic mass is 10.1. The molecule has 12 heavy (non-hydrogen) atoms. The minimum atomic E-state index is -0.151. The summed E-state index contributed by atoms with van der Waals surface area (Å²) in [4.78, 5) is 0. The molecule has 0 amide bonds. The average molecular weight is 163 g/mol. The first-order chi connectivity index (χ1) is 5.83. The van der Waals surface area contributed by atoms with Crippen molar-refractivity contribution in [1.29, 1.82) is 0 Å². The van der Waals surface area contributed by atoms with Crippen LogP contribution in [0.2, 0.25) is 0 Å². The summed E-state index contributed by atoms with van der Waals surface area (Å²) >= 11 is 0. The van der Waals surface area contributed by atoms with E-state index in [9.17, 15) is 4.39 Å². The standard InChI is InChI=1S/C10H10FN/c11-9-3-1-2-7-4-5-8(6-12)10(7)9/h1-3,5H,4,6,12H2. The lowest BCUT2D eigenvalue weighted by molar-refractivity contribution is 0.623. The molecule has 1 nitrogen and oxygen atoms in total. The Balaban J connectivity index is 2.57. The molecular weight excluding hydrogens is 153 g/mol. The van der Waals surface area contributed by atoms with Crippen molar-refractivity contribution in [3.8, 4) is 0 Å². The maximum absolute atomic E-state index is 13.2. The van der Waals surface area contributed by atoms with Gasteiger partial charge in [-0.25, -0.2) is 4.39 Å². The second-order valence-corrected chi connectivity index (χ2v) is 2.91. The van der Waals surface area contributed by atoms with E-state index in [0.29, 0.717) is 6.54 Å². The number of hydrogen-bond acceptors (Lipinski definition) is 1. The van der Waals surface area contributed by atoms with Crippen LogP contribution in [0.5, 0.6) is 0 Å². The molecule has 0 aromatic heterocycles. The van der Waals surface area contributed by atoms with Crippen molar-refractivity contribution in [2.24, 2.45) is 5.73 Å².